The maximum absolute atomic E-state index is 11.3. The number of benzene rings is 1. The molecule has 0 saturated heterocycles. The molecular weight excluding hydrogens is 655 g/mol. The van der Waals surface area contributed by atoms with Gasteiger partial charge in [0.25, 0.3) is 0 Å². The third-order valence-electron chi connectivity index (χ3n) is 3.04. The largest absolute Gasteiger partial charge is 0.522 e. The van der Waals surface area contributed by atoms with Crippen LogP contribution in [0.15, 0.2) is 30.3 Å². The van der Waals surface area contributed by atoms with E-state index < -0.39 is 55.8 Å². The number of carbonyl (C=O) groups excluding carboxylic acids is 5. The second-order valence-corrected chi connectivity index (χ2v) is 5.61. The van der Waals surface area contributed by atoms with Gasteiger partial charge in [0.2, 0.25) is 23.6 Å². The van der Waals surface area contributed by atoms with E-state index in [0.29, 0.717) is 0 Å². The second-order valence-electron chi connectivity index (χ2n) is 5.61. The molecular formula is C18H24FmN5O7-. The summed E-state index contributed by atoms with van der Waals surface area (Å²) in [5, 5.41) is 18.8. The smallest absolute Gasteiger partial charge is 0.322 e. The van der Waals surface area contributed by atoms with Gasteiger partial charge in [-0.05, 0) is 6.92 Å². The van der Waals surface area contributed by atoms with Gasteiger partial charge in [-0.2, -0.15) is 6.41 Å². The Balaban J connectivity index is 0. The molecule has 1 aromatic rings. The number of nitrogens with one attached hydrogen (secondary N) is 5. The van der Waals surface area contributed by atoms with Crippen LogP contribution in [0.4, 0.5) is 0 Å². The van der Waals surface area contributed by atoms with Gasteiger partial charge >= 0.3 is 5.97 Å². The van der Waals surface area contributed by atoms with Crippen LogP contribution in [-0.2, 0) is 28.8 Å². The van der Waals surface area contributed by atoms with Gasteiger partial charge in [0, 0.05) is 0 Å². The molecule has 31 heavy (non-hydrogen) atoms. The fourth-order valence-electron chi connectivity index (χ4n) is 1.61. The van der Waals surface area contributed by atoms with Crippen LogP contribution in [0.3, 0.4) is 0 Å². The predicted molar refractivity (Wildman–Crippen MR) is 105 cm³/mol. The summed E-state index contributed by atoms with van der Waals surface area (Å²) in [5.41, 5.74) is 1.32. The monoisotopic (exact) mass is 679 g/mol. The molecule has 0 aliphatic heterocycles. The molecule has 0 unspecified atom stereocenters. The number of hydrogen-bond acceptors (Lipinski definition) is 6. The van der Waals surface area contributed by atoms with E-state index in [1.807, 2.05) is 28.8 Å². The number of hydrogen-bond donors (Lipinski definition) is 6. The zero-order valence-electron chi connectivity index (χ0n) is 16.6. The summed E-state index contributed by atoms with van der Waals surface area (Å²) in [6.07, 6.45) is 1.29. The summed E-state index contributed by atoms with van der Waals surface area (Å²) in [7, 11) is 0. The minimum absolute atomic E-state index is 0. The molecule has 0 fully saturated rings. The Bertz CT molecular complexity index is 731. The number of rotatable bonds is 11. The Morgan fingerprint density at radius 3 is 1.45 bits per heavy atom. The topological polar surface area (TPSA) is 183 Å². The quantitative estimate of drug-likeness (QED) is 0.108. The Hall–Kier alpha value is -4.96. The molecule has 0 heterocycles. The van der Waals surface area contributed by atoms with E-state index in [1.165, 1.54) is 12.0 Å². The van der Waals surface area contributed by atoms with E-state index in [0.717, 1.165) is 0 Å². The molecule has 12 nitrogen and oxygen atoms in total. The minimum atomic E-state index is -1.22. The van der Waals surface area contributed by atoms with Crippen molar-refractivity contribution in [3.63, 3.8) is 0 Å². The molecule has 0 aromatic heterocycles. The summed E-state index contributed by atoms with van der Waals surface area (Å²) < 4.78 is 0. The van der Waals surface area contributed by atoms with Gasteiger partial charge in [-0.15, -0.1) is 0 Å². The molecule has 0 bridgehead atoms. The van der Waals surface area contributed by atoms with Crippen molar-refractivity contribution in [2.45, 2.75) is 6.92 Å². The summed E-state index contributed by atoms with van der Waals surface area (Å²) in [6.45, 7) is -0.0792. The molecule has 0 radical (unpaired) electrons. The summed E-state index contributed by atoms with van der Waals surface area (Å²) in [5.74, 6) is -3.85. The zero-order chi connectivity index (χ0) is 22.8. The molecule has 0 saturated carbocycles. The van der Waals surface area contributed by atoms with Gasteiger partial charge in [-0.3, -0.25) is 24.0 Å². The first kappa shape index (κ1) is 28.3. The first-order valence-electron chi connectivity index (χ1n) is 8.64. The Morgan fingerprint density at radius 1 is 0.742 bits per heavy atom. The number of carboxylic acids is 1. The third kappa shape index (κ3) is 18.2. The normalized spacial score (nSPS) is 8.81. The molecule has 1 aromatic carbocycles. The standard InChI is InChI=1S/C11H16N5O7.C7H8.Fm/c17-6-12-1-7(18)13-2-8(19)14-3-9(20)15-4-10(21)16-5-11(22)23;1-7-5-3-2-4-6-7;/h1-5H2,(H,12,17)(H,13,18)(H,14,19)(H,15,20)(H,16,21)(H,22,23);2-6H,1H3;/q-1;;. The molecule has 0 atom stereocenters. The van der Waals surface area contributed by atoms with E-state index in [9.17, 15) is 28.8 Å². The Kier molecular flexibility index (Phi) is 15.6. The number of aliphatic carboxylic acids is 1. The number of aryl methyl sites for hydroxylation is 1. The average molecular weight is 679 g/mol. The van der Waals surface area contributed by atoms with Gasteiger partial charge in [-0.1, -0.05) is 35.9 Å². The third-order valence-corrected chi connectivity index (χ3v) is 3.04. The van der Waals surface area contributed by atoms with E-state index in [4.69, 9.17) is 5.11 Å². The van der Waals surface area contributed by atoms with Gasteiger partial charge in [0.05, 0.1) is 26.2 Å². The molecule has 1 rings (SSSR count). The SMILES string of the molecule is Cc1ccccc1.O=[C-]NCC(=O)NCC(=O)NCC(=O)NCC(=O)NCC(=O)O.[Fm]. The maximum atomic E-state index is 11.3. The van der Waals surface area contributed by atoms with Crippen LogP contribution in [0.25, 0.3) is 0 Å². The molecule has 6 N–H and O–H groups in total. The van der Waals surface area contributed by atoms with Crippen LogP contribution >= 0.6 is 0 Å². The van der Waals surface area contributed by atoms with E-state index in [-0.39, 0.29) is 6.54 Å². The van der Waals surface area contributed by atoms with E-state index in [1.54, 1.807) is 0 Å². The van der Waals surface area contributed by atoms with Crippen LogP contribution in [0.1, 0.15) is 5.56 Å². The van der Waals surface area contributed by atoms with Crippen molar-refractivity contribution in [2.24, 2.45) is 0 Å². The van der Waals surface area contributed by atoms with Crippen LogP contribution in [0.5, 0.6) is 0 Å². The van der Waals surface area contributed by atoms with Crippen molar-refractivity contribution < 1.29 is 33.9 Å². The second kappa shape index (κ2) is 17.2. The molecule has 176 valence electrons. The van der Waals surface area contributed by atoms with Crippen molar-refractivity contribution >= 4 is 36.0 Å². The molecule has 0 aliphatic rings. The van der Waals surface area contributed by atoms with Crippen LogP contribution < -0.4 is 26.6 Å². The average Bonchev–Trinajstić information content (AvgIpc) is 2.72. The predicted octanol–water partition coefficient (Wildman–Crippen LogP) is -2.81. The van der Waals surface area contributed by atoms with E-state index in [2.05, 4.69) is 35.0 Å². The summed E-state index contributed by atoms with van der Waals surface area (Å²) in [6, 6.07) is 10.3. The van der Waals surface area contributed by atoms with Crippen LogP contribution in [-0.4, -0.2) is 73.8 Å². The van der Waals surface area contributed by atoms with Gasteiger partial charge in [0.15, 0.2) is 0 Å². The molecule has 0 aliphatic carbocycles. The summed E-state index contributed by atoms with van der Waals surface area (Å²) in [4.78, 5) is 64.7. The minimum Gasteiger partial charge on any atom is -0.522 e. The van der Waals surface area contributed by atoms with Crippen molar-refractivity contribution in [1.82, 2.24) is 26.6 Å². The van der Waals surface area contributed by atoms with Crippen molar-refractivity contribution in [3.05, 3.63) is 35.9 Å². The maximum Gasteiger partial charge on any atom is 0.322 e. The number of amides is 5. The van der Waals surface area contributed by atoms with Gasteiger partial charge in [0.1, 0.15) is 6.54 Å². The number of carboxylic acid groups (broad SMARTS) is 1. The fourth-order valence-corrected chi connectivity index (χ4v) is 1.61. The van der Waals surface area contributed by atoms with Crippen LogP contribution in [0.2, 0.25) is 0 Å². The van der Waals surface area contributed by atoms with Gasteiger partial charge in [-0.25, -0.2) is 0 Å². The van der Waals surface area contributed by atoms with Crippen molar-refractivity contribution in [1.29, 1.82) is 0 Å². The molecule has 0 spiro atoms. The Labute approximate surface area is 172 Å². The van der Waals surface area contributed by atoms with Crippen LogP contribution in [0, 0.1) is 6.92 Å². The van der Waals surface area contributed by atoms with E-state index >= 15 is 0 Å². The molecule has 5 amide bonds. The van der Waals surface area contributed by atoms with Gasteiger partial charge < -0.3 is 36.5 Å². The first-order valence-corrected chi connectivity index (χ1v) is 8.64. The van der Waals surface area contributed by atoms with Crippen molar-refractivity contribution in [3.8, 4) is 0 Å². The zero-order valence-corrected chi connectivity index (χ0v) is 19.0. The van der Waals surface area contributed by atoms with Crippen molar-refractivity contribution in [2.75, 3.05) is 32.7 Å². The molecule has 13 heteroatoms. The number of carbonyl (C=O) groups is 5. The summed E-state index contributed by atoms with van der Waals surface area (Å²) >= 11 is 0. The fraction of sp³-hybridized carbons (Fsp3) is 0.333. The first-order chi connectivity index (χ1) is 14.2. The Morgan fingerprint density at radius 2 is 1.13 bits per heavy atom.